The summed E-state index contributed by atoms with van der Waals surface area (Å²) < 4.78 is 2.14. The van der Waals surface area contributed by atoms with Gasteiger partial charge in [0.15, 0.2) is 0 Å². The predicted octanol–water partition coefficient (Wildman–Crippen LogP) is 0.610. The van der Waals surface area contributed by atoms with Crippen LogP contribution in [0.2, 0.25) is 0 Å². The molecule has 0 saturated heterocycles. The summed E-state index contributed by atoms with van der Waals surface area (Å²) in [5, 5.41) is 8.14. The van der Waals surface area contributed by atoms with Crippen LogP contribution in [-0.4, -0.2) is 38.3 Å². The first-order valence-corrected chi connectivity index (χ1v) is 6.44. The van der Waals surface area contributed by atoms with E-state index in [1.807, 2.05) is 6.33 Å². The third-order valence-corrected chi connectivity index (χ3v) is 4.54. The van der Waals surface area contributed by atoms with Gasteiger partial charge in [-0.05, 0) is 18.3 Å². The minimum atomic E-state index is 0.274. The lowest BCUT2D eigenvalue weighted by Crippen LogP contribution is -2.51. The number of nitrogens with two attached hydrogens (primary N) is 1. The summed E-state index contributed by atoms with van der Waals surface area (Å²) in [6, 6.07) is 0.785. The molecule has 17 heavy (non-hydrogen) atoms. The maximum atomic E-state index is 6.40. The molecule has 0 amide bonds. The summed E-state index contributed by atoms with van der Waals surface area (Å²) in [6.45, 7) is 7.52. The third kappa shape index (κ3) is 1.77. The monoisotopic (exact) mass is 235 g/mol. The van der Waals surface area contributed by atoms with Crippen LogP contribution < -0.4 is 5.73 Å². The average Bonchev–Trinajstić information content (AvgIpc) is 2.84. The van der Waals surface area contributed by atoms with Crippen molar-refractivity contribution >= 4 is 0 Å². The molecule has 2 N–H and O–H groups in total. The van der Waals surface area contributed by atoms with Gasteiger partial charge in [0.2, 0.25) is 0 Å². The van der Waals surface area contributed by atoms with Gasteiger partial charge in [-0.25, -0.2) is 0 Å². The Hall–Kier alpha value is -0.940. The summed E-state index contributed by atoms with van der Waals surface area (Å²) in [5.41, 5.74) is 6.67. The van der Waals surface area contributed by atoms with Crippen molar-refractivity contribution in [2.24, 2.45) is 11.1 Å². The van der Waals surface area contributed by atoms with Crippen molar-refractivity contribution in [2.75, 3.05) is 6.54 Å². The van der Waals surface area contributed by atoms with E-state index in [9.17, 15) is 0 Å². The summed E-state index contributed by atoms with van der Waals surface area (Å²) >= 11 is 0. The van der Waals surface area contributed by atoms with Crippen LogP contribution in [0.3, 0.4) is 0 Å². The van der Waals surface area contributed by atoms with Crippen LogP contribution in [0.15, 0.2) is 6.33 Å². The summed E-state index contributed by atoms with van der Waals surface area (Å²) in [4.78, 5) is 2.49. The van der Waals surface area contributed by atoms with E-state index in [2.05, 4.69) is 33.5 Å². The van der Waals surface area contributed by atoms with Crippen molar-refractivity contribution in [2.45, 2.75) is 51.9 Å². The maximum Gasteiger partial charge on any atom is 0.147 e. The number of fused-ring (bicyclic) bond motifs is 1. The minimum absolute atomic E-state index is 0.274. The van der Waals surface area contributed by atoms with Crippen molar-refractivity contribution in [1.82, 2.24) is 19.7 Å². The molecule has 5 nitrogen and oxygen atoms in total. The second kappa shape index (κ2) is 3.78. The number of hydrogen-bond donors (Lipinski definition) is 1. The first kappa shape index (κ1) is 11.2. The number of rotatable bonds is 1. The van der Waals surface area contributed by atoms with E-state index >= 15 is 0 Å². The first-order chi connectivity index (χ1) is 8.08. The SMILES string of the molecule is CC1(C)CCC(N2CCn3cnnc3C2)C1N. The predicted molar refractivity (Wildman–Crippen MR) is 65.2 cm³/mol. The number of nitrogens with zero attached hydrogens (tertiary/aromatic N) is 4. The molecule has 2 aliphatic rings. The maximum absolute atomic E-state index is 6.40. The van der Waals surface area contributed by atoms with Crippen LogP contribution in [0, 0.1) is 5.41 Å². The van der Waals surface area contributed by atoms with Crippen LogP contribution in [0.1, 0.15) is 32.5 Å². The van der Waals surface area contributed by atoms with Gasteiger partial charge in [-0.3, -0.25) is 4.90 Å². The van der Waals surface area contributed by atoms with Crippen molar-refractivity contribution < 1.29 is 0 Å². The van der Waals surface area contributed by atoms with Gasteiger partial charge < -0.3 is 10.3 Å². The Morgan fingerprint density at radius 1 is 1.41 bits per heavy atom. The molecule has 1 aliphatic heterocycles. The highest BCUT2D eigenvalue weighted by Crippen LogP contribution is 2.39. The number of aromatic nitrogens is 3. The first-order valence-electron chi connectivity index (χ1n) is 6.44. The lowest BCUT2D eigenvalue weighted by Gasteiger charge is -2.36. The molecule has 1 fully saturated rings. The largest absolute Gasteiger partial charge is 0.326 e. The molecule has 3 rings (SSSR count). The molecule has 0 spiro atoms. The van der Waals surface area contributed by atoms with Crippen LogP contribution in [0.25, 0.3) is 0 Å². The topological polar surface area (TPSA) is 60.0 Å². The molecule has 2 heterocycles. The lowest BCUT2D eigenvalue weighted by atomic mass is 9.87. The van der Waals surface area contributed by atoms with Gasteiger partial charge in [-0.1, -0.05) is 13.8 Å². The van der Waals surface area contributed by atoms with Crippen LogP contribution in [-0.2, 0) is 13.1 Å². The van der Waals surface area contributed by atoms with Crippen molar-refractivity contribution in [3.05, 3.63) is 12.2 Å². The Balaban J connectivity index is 1.76. The molecule has 1 aromatic rings. The van der Waals surface area contributed by atoms with Gasteiger partial charge in [0.1, 0.15) is 12.2 Å². The van der Waals surface area contributed by atoms with E-state index in [0.717, 1.165) is 25.5 Å². The molecule has 1 aliphatic carbocycles. The Kier molecular flexibility index (Phi) is 2.48. The second-order valence-corrected chi connectivity index (χ2v) is 6.03. The zero-order chi connectivity index (χ0) is 12.0. The van der Waals surface area contributed by atoms with Crippen molar-refractivity contribution in [3.8, 4) is 0 Å². The lowest BCUT2D eigenvalue weighted by molar-refractivity contribution is 0.129. The standard InChI is InChI=1S/C12H21N5/c1-12(2)4-3-9(11(12)13)16-5-6-17-8-14-15-10(17)7-16/h8-9,11H,3-7,13H2,1-2H3. The quantitative estimate of drug-likeness (QED) is 0.775. The molecule has 0 aromatic carbocycles. The Morgan fingerprint density at radius 3 is 2.94 bits per heavy atom. The van der Waals surface area contributed by atoms with Gasteiger partial charge in [0.05, 0.1) is 6.54 Å². The van der Waals surface area contributed by atoms with E-state index in [0.29, 0.717) is 6.04 Å². The zero-order valence-electron chi connectivity index (χ0n) is 10.6. The smallest absolute Gasteiger partial charge is 0.147 e. The fourth-order valence-electron chi connectivity index (χ4n) is 3.16. The van der Waals surface area contributed by atoms with Gasteiger partial charge in [-0.2, -0.15) is 0 Å². The molecular weight excluding hydrogens is 214 g/mol. The van der Waals surface area contributed by atoms with Crippen LogP contribution in [0.4, 0.5) is 0 Å². The van der Waals surface area contributed by atoms with E-state index in [-0.39, 0.29) is 11.5 Å². The van der Waals surface area contributed by atoms with Crippen LogP contribution >= 0.6 is 0 Å². The third-order valence-electron chi connectivity index (χ3n) is 4.54. The number of hydrogen-bond acceptors (Lipinski definition) is 4. The van der Waals surface area contributed by atoms with E-state index in [1.54, 1.807) is 0 Å². The van der Waals surface area contributed by atoms with E-state index < -0.39 is 0 Å². The summed E-state index contributed by atoms with van der Waals surface area (Å²) in [5.74, 6) is 1.08. The molecule has 94 valence electrons. The average molecular weight is 235 g/mol. The molecule has 2 unspecified atom stereocenters. The molecule has 2 atom stereocenters. The molecule has 5 heteroatoms. The highest BCUT2D eigenvalue weighted by molar-refractivity contribution is 5.01. The Bertz CT molecular complexity index is 411. The van der Waals surface area contributed by atoms with Gasteiger partial charge in [-0.15, -0.1) is 10.2 Å². The minimum Gasteiger partial charge on any atom is -0.326 e. The molecule has 0 bridgehead atoms. The van der Waals surface area contributed by atoms with Crippen LogP contribution in [0.5, 0.6) is 0 Å². The van der Waals surface area contributed by atoms with Gasteiger partial charge >= 0.3 is 0 Å². The fourth-order valence-corrected chi connectivity index (χ4v) is 3.16. The van der Waals surface area contributed by atoms with Gasteiger partial charge in [0.25, 0.3) is 0 Å². The Morgan fingerprint density at radius 2 is 2.24 bits per heavy atom. The molecular formula is C12H21N5. The second-order valence-electron chi connectivity index (χ2n) is 6.03. The van der Waals surface area contributed by atoms with E-state index in [4.69, 9.17) is 5.73 Å². The summed E-state index contributed by atoms with van der Waals surface area (Å²) in [7, 11) is 0. The van der Waals surface area contributed by atoms with Crippen molar-refractivity contribution in [1.29, 1.82) is 0 Å². The Labute approximate surface area is 102 Å². The molecule has 1 aromatic heterocycles. The highest BCUT2D eigenvalue weighted by Gasteiger charge is 2.42. The van der Waals surface area contributed by atoms with Crippen molar-refractivity contribution in [3.63, 3.8) is 0 Å². The van der Waals surface area contributed by atoms with E-state index in [1.165, 1.54) is 12.8 Å². The highest BCUT2D eigenvalue weighted by atomic mass is 15.3. The van der Waals surface area contributed by atoms with Gasteiger partial charge in [0, 0.05) is 25.2 Å². The molecule has 1 saturated carbocycles. The fraction of sp³-hybridized carbons (Fsp3) is 0.833. The molecule has 0 radical (unpaired) electrons. The zero-order valence-corrected chi connectivity index (χ0v) is 10.6. The normalized spacial score (nSPS) is 32.6. The summed E-state index contributed by atoms with van der Waals surface area (Å²) in [6.07, 6.45) is 4.26.